The molecule has 0 atom stereocenters. The molecule has 0 spiro atoms. The van der Waals surface area contributed by atoms with Gasteiger partial charge in [-0.05, 0) is 61.7 Å². The van der Waals surface area contributed by atoms with Crippen molar-refractivity contribution in [1.29, 1.82) is 0 Å². The van der Waals surface area contributed by atoms with E-state index in [0.717, 1.165) is 30.3 Å². The third kappa shape index (κ3) is 4.59. The summed E-state index contributed by atoms with van der Waals surface area (Å²) in [6.07, 6.45) is 4.76. The van der Waals surface area contributed by atoms with E-state index in [1.807, 2.05) is 13.0 Å². The highest BCUT2D eigenvalue weighted by atomic mass is 19.1. The smallest absolute Gasteiger partial charge is 0.255 e. The molecule has 0 fully saturated rings. The number of carbonyl (C=O) groups excluding carboxylic acids is 1. The van der Waals surface area contributed by atoms with E-state index in [2.05, 4.69) is 10.6 Å². The molecule has 3 rings (SSSR count). The average Bonchev–Trinajstić information content (AvgIpc) is 2.71. The summed E-state index contributed by atoms with van der Waals surface area (Å²) in [7, 11) is 0. The second-order valence-electron chi connectivity index (χ2n) is 6.81. The monoisotopic (exact) mass is 400 g/mol. The van der Waals surface area contributed by atoms with Gasteiger partial charge >= 0.3 is 0 Å². The summed E-state index contributed by atoms with van der Waals surface area (Å²) in [5.74, 6) is -2.65. The Morgan fingerprint density at radius 1 is 1.14 bits per heavy atom. The maximum Gasteiger partial charge on any atom is 0.255 e. The first-order valence-corrected chi connectivity index (χ1v) is 9.60. The molecule has 1 heterocycles. The van der Waals surface area contributed by atoms with Crippen molar-refractivity contribution in [3.05, 3.63) is 76.6 Å². The lowest BCUT2D eigenvalue weighted by molar-refractivity contribution is 0.102. The maximum absolute atomic E-state index is 14.5. The van der Waals surface area contributed by atoms with Gasteiger partial charge in [0.25, 0.3) is 5.91 Å². The molecule has 1 amide bonds. The lowest BCUT2D eigenvalue weighted by Crippen LogP contribution is -2.20. The van der Waals surface area contributed by atoms with Crippen molar-refractivity contribution >= 4 is 22.7 Å². The Labute approximate surface area is 168 Å². The first-order valence-electron chi connectivity index (χ1n) is 9.60. The van der Waals surface area contributed by atoms with Crippen LogP contribution in [0.4, 0.5) is 18.9 Å². The Kier molecular flexibility index (Phi) is 6.54. The molecule has 1 aliphatic rings. The fourth-order valence-corrected chi connectivity index (χ4v) is 3.46. The molecule has 3 nitrogen and oxygen atoms in total. The van der Waals surface area contributed by atoms with Gasteiger partial charge in [-0.15, -0.1) is 0 Å². The lowest BCUT2D eigenvalue weighted by atomic mass is 9.98. The molecule has 152 valence electrons. The van der Waals surface area contributed by atoms with E-state index in [-0.39, 0.29) is 16.8 Å². The Hall–Kier alpha value is -2.86. The van der Waals surface area contributed by atoms with Gasteiger partial charge in [0.15, 0.2) is 0 Å². The summed E-state index contributed by atoms with van der Waals surface area (Å²) >= 11 is 0. The largest absolute Gasteiger partial charge is 0.322 e. The van der Waals surface area contributed by atoms with E-state index >= 15 is 0 Å². The second-order valence-corrected chi connectivity index (χ2v) is 6.81. The number of anilines is 1. The van der Waals surface area contributed by atoms with Crippen LogP contribution in [0.3, 0.4) is 0 Å². The fraction of sp³-hybridized carbons (Fsp3) is 0.261. The van der Waals surface area contributed by atoms with Crippen molar-refractivity contribution in [2.45, 2.75) is 26.7 Å². The Balaban J connectivity index is 1.82. The van der Waals surface area contributed by atoms with Gasteiger partial charge in [0.1, 0.15) is 17.5 Å². The van der Waals surface area contributed by atoms with Crippen LogP contribution in [0.15, 0.2) is 42.5 Å². The molecule has 0 saturated carbocycles. The first-order chi connectivity index (χ1) is 13.9. The molecule has 0 radical (unpaired) electrons. The van der Waals surface area contributed by atoms with Crippen LogP contribution in [0.2, 0.25) is 0 Å². The summed E-state index contributed by atoms with van der Waals surface area (Å²) in [6.45, 7) is 4.97. The minimum Gasteiger partial charge on any atom is -0.322 e. The molecule has 1 aliphatic heterocycles. The van der Waals surface area contributed by atoms with Gasteiger partial charge < -0.3 is 10.6 Å². The predicted octanol–water partition coefficient (Wildman–Crippen LogP) is 5.55. The molecular weight excluding hydrogens is 377 g/mol. The van der Waals surface area contributed by atoms with E-state index in [0.29, 0.717) is 30.5 Å². The second kappa shape index (κ2) is 9.09. The van der Waals surface area contributed by atoms with Gasteiger partial charge in [-0.1, -0.05) is 25.1 Å². The van der Waals surface area contributed by atoms with E-state index in [1.165, 1.54) is 6.07 Å². The average molecular weight is 400 g/mol. The van der Waals surface area contributed by atoms with Crippen molar-refractivity contribution in [1.82, 2.24) is 5.32 Å². The van der Waals surface area contributed by atoms with Crippen molar-refractivity contribution in [3.8, 4) is 0 Å². The zero-order chi connectivity index (χ0) is 21.0. The van der Waals surface area contributed by atoms with Gasteiger partial charge in [-0.25, -0.2) is 13.2 Å². The van der Waals surface area contributed by atoms with Gasteiger partial charge in [0.05, 0.1) is 0 Å². The molecule has 29 heavy (non-hydrogen) atoms. The maximum atomic E-state index is 14.5. The van der Waals surface area contributed by atoms with Crippen LogP contribution >= 0.6 is 0 Å². The van der Waals surface area contributed by atoms with Crippen LogP contribution in [0, 0.1) is 17.5 Å². The summed E-state index contributed by atoms with van der Waals surface area (Å²) in [4.78, 5) is 12.4. The molecule has 2 aromatic rings. The van der Waals surface area contributed by atoms with Crippen LogP contribution in [0.25, 0.3) is 11.1 Å². The van der Waals surface area contributed by atoms with Crippen molar-refractivity contribution in [2.24, 2.45) is 0 Å². The highest BCUT2D eigenvalue weighted by Crippen LogP contribution is 2.28. The van der Waals surface area contributed by atoms with Crippen molar-refractivity contribution in [2.75, 3.05) is 18.4 Å². The third-order valence-electron chi connectivity index (χ3n) is 4.99. The summed E-state index contributed by atoms with van der Waals surface area (Å²) in [5, 5.41) is 5.60. The van der Waals surface area contributed by atoms with Gasteiger partial charge in [-0.2, -0.15) is 0 Å². The molecule has 2 N–H and O–H groups in total. The fourth-order valence-electron chi connectivity index (χ4n) is 3.46. The molecular formula is C23H23F3N2O. The van der Waals surface area contributed by atoms with Crippen molar-refractivity contribution in [3.63, 3.8) is 0 Å². The van der Waals surface area contributed by atoms with Crippen LogP contribution in [0.1, 0.15) is 48.2 Å². The molecule has 0 saturated heterocycles. The number of rotatable bonds is 5. The molecule has 0 aliphatic carbocycles. The number of allylic oxidation sites excluding steroid dienone is 2. The van der Waals surface area contributed by atoms with Gasteiger partial charge in [0.2, 0.25) is 0 Å². The number of halogens is 3. The van der Waals surface area contributed by atoms with Crippen LogP contribution in [-0.4, -0.2) is 19.0 Å². The number of benzene rings is 2. The number of nitrogens with one attached hydrogen (secondary N) is 2. The quantitative estimate of drug-likeness (QED) is 0.691. The van der Waals surface area contributed by atoms with E-state index < -0.39 is 23.4 Å². The molecule has 2 aromatic carbocycles. The third-order valence-corrected chi connectivity index (χ3v) is 4.99. The Morgan fingerprint density at radius 2 is 1.86 bits per heavy atom. The lowest BCUT2D eigenvalue weighted by Gasteiger charge is -2.15. The molecule has 0 aromatic heterocycles. The van der Waals surface area contributed by atoms with Crippen LogP contribution in [-0.2, 0) is 0 Å². The Morgan fingerprint density at radius 3 is 2.41 bits per heavy atom. The highest BCUT2D eigenvalue weighted by Gasteiger charge is 2.17. The van der Waals surface area contributed by atoms with Crippen molar-refractivity contribution < 1.29 is 18.0 Å². The van der Waals surface area contributed by atoms with Crippen LogP contribution < -0.4 is 10.6 Å². The predicted molar refractivity (Wildman–Crippen MR) is 110 cm³/mol. The topological polar surface area (TPSA) is 41.1 Å². The molecule has 0 unspecified atom stereocenters. The summed E-state index contributed by atoms with van der Waals surface area (Å²) in [6, 6.07) is 6.35. The number of amides is 1. The standard InChI is InChI=1S/C23H23F3N2O/c1-3-14(4-2)22-20(25)12-17(13-21(22)26)28-23(29)16-5-6-18(19(24)11-16)15-7-9-27-10-8-15/h3,5-7,11-13,27H,4,8-10H2,1-2H3,(H,28,29)/b14-3+. The zero-order valence-corrected chi connectivity index (χ0v) is 16.4. The minimum atomic E-state index is -0.755. The molecule has 0 bridgehead atoms. The Bertz CT molecular complexity index is 973. The summed E-state index contributed by atoms with van der Waals surface area (Å²) in [5.41, 5.74) is 1.85. The summed E-state index contributed by atoms with van der Waals surface area (Å²) < 4.78 is 43.3. The van der Waals surface area contributed by atoms with Gasteiger partial charge in [-0.3, -0.25) is 4.79 Å². The van der Waals surface area contributed by atoms with E-state index in [9.17, 15) is 18.0 Å². The normalized spacial score (nSPS) is 14.5. The minimum absolute atomic E-state index is 0.0224. The number of hydrogen-bond donors (Lipinski definition) is 2. The first kappa shape index (κ1) is 20.9. The zero-order valence-electron chi connectivity index (χ0n) is 16.4. The highest BCUT2D eigenvalue weighted by molar-refractivity contribution is 6.04. The van der Waals surface area contributed by atoms with E-state index in [4.69, 9.17) is 0 Å². The SMILES string of the molecule is C/C=C(\CC)c1c(F)cc(NC(=O)c2ccc(C3=CCNCC3)c(F)c2)cc1F. The number of hydrogen-bond acceptors (Lipinski definition) is 2. The number of carbonyl (C=O) groups is 1. The molecule has 6 heteroatoms. The van der Waals surface area contributed by atoms with Crippen LogP contribution in [0.5, 0.6) is 0 Å². The van der Waals surface area contributed by atoms with Gasteiger partial charge in [0, 0.05) is 28.9 Å². The van der Waals surface area contributed by atoms with E-state index in [1.54, 1.807) is 19.1 Å².